The number of amides is 2. The monoisotopic (exact) mass is 444 g/mol. The first-order chi connectivity index (χ1) is 15.1. The zero-order chi connectivity index (χ0) is 23.5. The molecule has 1 fully saturated rings. The lowest BCUT2D eigenvalue weighted by molar-refractivity contribution is 0.0203. The lowest BCUT2D eigenvalue weighted by atomic mass is 9.90. The molecule has 3 rings (SSSR count). The summed E-state index contributed by atoms with van der Waals surface area (Å²) in [4.78, 5) is 27.1. The normalized spacial score (nSPS) is 16.0. The molecule has 32 heavy (non-hydrogen) atoms. The maximum Gasteiger partial charge on any atom is 0.410 e. The van der Waals surface area contributed by atoms with Gasteiger partial charge in [-0.15, -0.1) is 0 Å². The number of likely N-dealkylation sites (tertiary alicyclic amines) is 1. The Bertz CT molecular complexity index is 941. The number of piperidine rings is 1. The van der Waals surface area contributed by atoms with Gasteiger partial charge in [0.15, 0.2) is 0 Å². The Morgan fingerprint density at radius 2 is 1.84 bits per heavy atom. The molecule has 174 valence electrons. The maximum absolute atomic E-state index is 13.5. The Labute approximate surface area is 188 Å². The van der Waals surface area contributed by atoms with Crippen molar-refractivity contribution in [1.82, 2.24) is 20.0 Å². The number of carbonyl (C=O) groups is 2. The largest absolute Gasteiger partial charge is 0.444 e. The van der Waals surface area contributed by atoms with Crippen molar-refractivity contribution in [2.45, 2.75) is 71.4 Å². The molecule has 0 bridgehead atoms. The van der Waals surface area contributed by atoms with Crippen molar-refractivity contribution in [2.24, 2.45) is 0 Å². The molecule has 1 aromatic carbocycles. The van der Waals surface area contributed by atoms with E-state index in [2.05, 4.69) is 10.4 Å². The fraction of sp³-hybridized carbons (Fsp3) is 0.542. The van der Waals surface area contributed by atoms with Crippen LogP contribution < -0.4 is 5.32 Å². The SMILES string of the molecule is CC[C@@H](C)NC(=O)c1cnn(-c2ccc(F)cc2)c1C1CCN(C(=O)OC(C)(C)C)CC1. The van der Waals surface area contributed by atoms with Gasteiger partial charge in [0.05, 0.1) is 23.1 Å². The Morgan fingerprint density at radius 3 is 2.41 bits per heavy atom. The van der Waals surface area contributed by atoms with Crippen molar-refractivity contribution in [3.05, 3.63) is 47.5 Å². The van der Waals surface area contributed by atoms with Gasteiger partial charge < -0.3 is 15.0 Å². The van der Waals surface area contributed by atoms with E-state index in [1.54, 1.807) is 27.9 Å². The second kappa shape index (κ2) is 9.71. The lowest BCUT2D eigenvalue weighted by Gasteiger charge is -2.34. The Morgan fingerprint density at radius 1 is 1.22 bits per heavy atom. The summed E-state index contributed by atoms with van der Waals surface area (Å²) in [5.74, 6) is -0.473. The number of carbonyl (C=O) groups excluding carboxylic acids is 2. The van der Waals surface area contributed by atoms with Gasteiger partial charge in [0.2, 0.25) is 0 Å². The summed E-state index contributed by atoms with van der Waals surface area (Å²) in [5, 5.41) is 7.49. The van der Waals surface area contributed by atoms with E-state index in [9.17, 15) is 14.0 Å². The minimum Gasteiger partial charge on any atom is -0.444 e. The molecule has 1 N–H and O–H groups in total. The number of benzene rings is 1. The summed E-state index contributed by atoms with van der Waals surface area (Å²) in [6.07, 6.45) is 3.43. The molecule has 2 amide bonds. The average molecular weight is 445 g/mol. The smallest absolute Gasteiger partial charge is 0.410 e. The first-order valence-corrected chi connectivity index (χ1v) is 11.2. The molecule has 1 aliphatic rings. The van der Waals surface area contributed by atoms with Crippen molar-refractivity contribution in [3.63, 3.8) is 0 Å². The van der Waals surface area contributed by atoms with Crippen LogP contribution in [0.25, 0.3) is 5.69 Å². The molecule has 1 saturated heterocycles. The molecule has 8 heteroatoms. The number of hydrogen-bond donors (Lipinski definition) is 1. The number of rotatable bonds is 5. The summed E-state index contributed by atoms with van der Waals surface area (Å²) in [6.45, 7) is 10.6. The summed E-state index contributed by atoms with van der Waals surface area (Å²) in [6, 6.07) is 6.10. The van der Waals surface area contributed by atoms with Gasteiger partial charge in [-0.1, -0.05) is 6.92 Å². The predicted molar refractivity (Wildman–Crippen MR) is 121 cm³/mol. The van der Waals surface area contributed by atoms with Crippen molar-refractivity contribution < 1.29 is 18.7 Å². The molecule has 1 atom stereocenters. The van der Waals surface area contributed by atoms with Gasteiger partial charge in [-0.25, -0.2) is 13.9 Å². The number of aromatic nitrogens is 2. The second-order valence-corrected chi connectivity index (χ2v) is 9.36. The third kappa shape index (κ3) is 5.66. The highest BCUT2D eigenvalue weighted by Gasteiger charge is 2.32. The molecule has 1 aliphatic heterocycles. The van der Waals surface area contributed by atoms with Crippen LogP contribution in [0.5, 0.6) is 0 Å². The fourth-order valence-corrected chi connectivity index (χ4v) is 3.78. The molecule has 7 nitrogen and oxygen atoms in total. The van der Waals surface area contributed by atoms with E-state index in [0.717, 1.165) is 12.1 Å². The van der Waals surface area contributed by atoms with Crippen LogP contribution in [0, 0.1) is 5.82 Å². The van der Waals surface area contributed by atoms with Crippen molar-refractivity contribution >= 4 is 12.0 Å². The minimum absolute atomic E-state index is 0.0268. The Kier molecular flexibility index (Phi) is 7.21. The quantitative estimate of drug-likeness (QED) is 0.728. The molecule has 0 spiro atoms. The molecule has 2 heterocycles. The second-order valence-electron chi connectivity index (χ2n) is 9.36. The van der Waals surface area contributed by atoms with Gasteiger partial charge in [-0.2, -0.15) is 5.10 Å². The van der Waals surface area contributed by atoms with Crippen molar-refractivity contribution in [2.75, 3.05) is 13.1 Å². The lowest BCUT2D eigenvalue weighted by Crippen LogP contribution is -2.41. The standard InChI is InChI=1S/C24H33FN4O3/c1-6-16(2)27-22(30)20-15-26-29(19-9-7-18(25)8-10-19)21(20)17-11-13-28(14-12-17)23(31)32-24(3,4)5/h7-10,15-17H,6,11-14H2,1-5H3,(H,27,30)/t16-/m1/s1. The topological polar surface area (TPSA) is 76.5 Å². The van der Waals surface area contributed by atoms with E-state index in [4.69, 9.17) is 4.74 Å². The molecule has 2 aromatic rings. The first-order valence-electron chi connectivity index (χ1n) is 11.2. The highest BCUT2D eigenvalue weighted by atomic mass is 19.1. The minimum atomic E-state index is -0.545. The Balaban J connectivity index is 1.86. The first kappa shape index (κ1) is 23.8. The third-order valence-electron chi connectivity index (χ3n) is 5.65. The maximum atomic E-state index is 13.5. The number of halogens is 1. The van der Waals surface area contributed by atoms with Gasteiger partial charge in [-0.05, 0) is 71.2 Å². The van der Waals surface area contributed by atoms with Crippen LogP contribution in [0.1, 0.15) is 75.9 Å². The average Bonchev–Trinajstić information content (AvgIpc) is 3.18. The van der Waals surface area contributed by atoms with E-state index in [-0.39, 0.29) is 29.8 Å². The molecule has 0 saturated carbocycles. The van der Waals surface area contributed by atoms with Crippen LogP contribution in [0.2, 0.25) is 0 Å². The number of nitrogens with one attached hydrogen (secondary N) is 1. The molecule has 0 radical (unpaired) electrons. The predicted octanol–water partition coefficient (Wildman–Crippen LogP) is 4.65. The van der Waals surface area contributed by atoms with Crippen molar-refractivity contribution in [1.29, 1.82) is 0 Å². The summed E-state index contributed by atoms with van der Waals surface area (Å²) < 4.78 is 20.7. The zero-order valence-corrected chi connectivity index (χ0v) is 19.5. The zero-order valence-electron chi connectivity index (χ0n) is 19.5. The van der Waals surface area contributed by atoms with E-state index < -0.39 is 5.60 Å². The van der Waals surface area contributed by atoms with Crippen LogP contribution in [0.3, 0.4) is 0 Å². The van der Waals surface area contributed by atoms with E-state index in [0.29, 0.717) is 37.2 Å². The van der Waals surface area contributed by atoms with Crippen molar-refractivity contribution in [3.8, 4) is 5.69 Å². The van der Waals surface area contributed by atoms with Gasteiger partial charge in [0, 0.05) is 25.0 Å². The number of hydrogen-bond acceptors (Lipinski definition) is 4. The molecule has 0 aliphatic carbocycles. The number of nitrogens with zero attached hydrogens (tertiary/aromatic N) is 3. The Hall–Kier alpha value is -2.90. The van der Waals surface area contributed by atoms with E-state index >= 15 is 0 Å². The van der Waals surface area contributed by atoms with E-state index in [1.807, 2.05) is 34.6 Å². The highest BCUT2D eigenvalue weighted by Crippen LogP contribution is 2.33. The van der Waals surface area contributed by atoms with Gasteiger partial charge >= 0.3 is 6.09 Å². The van der Waals surface area contributed by atoms with Gasteiger partial charge in [-0.3, -0.25) is 4.79 Å². The van der Waals surface area contributed by atoms with Crippen LogP contribution in [-0.2, 0) is 4.74 Å². The van der Waals surface area contributed by atoms with Crippen LogP contribution in [-0.4, -0.2) is 51.4 Å². The summed E-state index contributed by atoms with van der Waals surface area (Å²) >= 11 is 0. The van der Waals surface area contributed by atoms with Crippen LogP contribution in [0.4, 0.5) is 9.18 Å². The summed E-state index contributed by atoms with van der Waals surface area (Å²) in [5.41, 5.74) is 1.46. The van der Waals surface area contributed by atoms with E-state index in [1.165, 1.54) is 12.1 Å². The molecule has 0 unspecified atom stereocenters. The summed E-state index contributed by atoms with van der Waals surface area (Å²) in [7, 11) is 0. The van der Waals surface area contributed by atoms with Crippen LogP contribution in [0.15, 0.2) is 30.5 Å². The molecular weight excluding hydrogens is 411 g/mol. The number of ether oxygens (including phenoxy) is 1. The highest BCUT2D eigenvalue weighted by molar-refractivity contribution is 5.95. The van der Waals surface area contributed by atoms with Crippen LogP contribution >= 0.6 is 0 Å². The van der Waals surface area contributed by atoms with Gasteiger partial charge in [0.25, 0.3) is 5.91 Å². The third-order valence-corrected chi connectivity index (χ3v) is 5.65. The van der Waals surface area contributed by atoms with Gasteiger partial charge in [0.1, 0.15) is 11.4 Å². The molecule has 1 aromatic heterocycles. The molecular formula is C24H33FN4O3. The fourth-order valence-electron chi connectivity index (χ4n) is 3.78.